The Labute approximate surface area is 184 Å². The van der Waals surface area contributed by atoms with Gasteiger partial charge in [-0.05, 0) is 58.3 Å². The van der Waals surface area contributed by atoms with Crippen LogP contribution in [0.1, 0.15) is 21.5 Å². The van der Waals surface area contributed by atoms with E-state index < -0.39 is 5.97 Å². The largest absolute Gasteiger partial charge is 0.478 e. The molecule has 0 bridgehead atoms. The summed E-state index contributed by atoms with van der Waals surface area (Å²) >= 11 is 2.54. The number of nitrogens with zero attached hydrogens (tertiary/aromatic N) is 2. The highest BCUT2D eigenvalue weighted by molar-refractivity contribution is 7.08. The standard InChI is InChI=1S/C22H14N2O5S2/c25-21(14-2-4-18-19(9-14)29-11-28-18)15(7-12-5-6-30-10-12)20(22(26)27)13-1-3-16-17(8-13)24-31-23-16/h1-6,8-10H,7,11H2,(H,26,27). The molecular weight excluding hydrogens is 436 g/mol. The van der Waals surface area contributed by atoms with Gasteiger partial charge in [-0.3, -0.25) is 4.79 Å². The van der Waals surface area contributed by atoms with E-state index >= 15 is 0 Å². The van der Waals surface area contributed by atoms with E-state index in [1.165, 1.54) is 11.3 Å². The fourth-order valence-corrected chi connectivity index (χ4v) is 4.64. The Morgan fingerprint density at radius 2 is 1.77 bits per heavy atom. The molecule has 0 radical (unpaired) electrons. The van der Waals surface area contributed by atoms with Crippen molar-refractivity contribution in [2.75, 3.05) is 6.79 Å². The average molecular weight is 450 g/mol. The number of aromatic nitrogens is 2. The third kappa shape index (κ3) is 3.69. The van der Waals surface area contributed by atoms with Gasteiger partial charge in [0.15, 0.2) is 17.3 Å². The summed E-state index contributed by atoms with van der Waals surface area (Å²) in [4.78, 5) is 25.9. The molecule has 0 fully saturated rings. The second-order valence-corrected chi connectivity index (χ2v) is 8.14. The molecule has 7 nitrogen and oxygen atoms in total. The number of carboxylic acids is 1. The van der Waals surface area contributed by atoms with Crippen LogP contribution in [0, 0.1) is 0 Å². The summed E-state index contributed by atoms with van der Waals surface area (Å²) in [5.74, 6) is -0.535. The number of aliphatic carboxylic acids is 1. The average Bonchev–Trinajstić information content (AvgIpc) is 3.52. The quantitative estimate of drug-likeness (QED) is 0.342. The van der Waals surface area contributed by atoms with Crippen molar-refractivity contribution in [3.63, 3.8) is 0 Å². The van der Waals surface area contributed by atoms with Crippen molar-refractivity contribution < 1.29 is 24.2 Å². The second-order valence-electron chi connectivity index (χ2n) is 6.83. The number of fused-ring (bicyclic) bond motifs is 2. The summed E-state index contributed by atoms with van der Waals surface area (Å²) in [6.07, 6.45) is 0.186. The Morgan fingerprint density at radius 1 is 0.968 bits per heavy atom. The number of rotatable bonds is 6. The van der Waals surface area contributed by atoms with Gasteiger partial charge in [0.05, 0.1) is 17.3 Å². The SMILES string of the molecule is O=C(O)C(=C(Cc1ccsc1)C(=O)c1ccc2c(c1)OCO2)c1ccc2nsnc2c1. The molecule has 0 amide bonds. The van der Waals surface area contributed by atoms with Gasteiger partial charge in [0.25, 0.3) is 0 Å². The molecule has 4 aromatic rings. The van der Waals surface area contributed by atoms with Crippen LogP contribution in [0.5, 0.6) is 11.5 Å². The maximum atomic E-state index is 13.6. The lowest BCUT2D eigenvalue weighted by atomic mass is 9.90. The van der Waals surface area contributed by atoms with Crippen molar-refractivity contribution in [1.29, 1.82) is 0 Å². The molecule has 0 aliphatic carbocycles. The van der Waals surface area contributed by atoms with Crippen LogP contribution in [-0.2, 0) is 11.2 Å². The zero-order chi connectivity index (χ0) is 21.4. The molecule has 154 valence electrons. The number of ether oxygens (including phenoxy) is 2. The number of carboxylic acid groups (broad SMARTS) is 1. The predicted octanol–water partition coefficient (Wildman–Crippen LogP) is 4.45. The summed E-state index contributed by atoms with van der Waals surface area (Å²) in [5, 5.41) is 13.9. The number of benzene rings is 2. The Balaban J connectivity index is 1.67. The van der Waals surface area contributed by atoms with Crippen molar-refractivity contribution in [2.45, 2.75) is 6.42 Å². The monoisotopic (exact) mass is 450 g/mol. The molecule has 9 heteroatoms. The van der Waals surface area contributed by atoms with Crippen LogP contribution in [0.15, 0.2) is 58.8 Å². The lowest BCUT2D eigenvalue weighted by Gasteiger charge is -2.13. The molecule has 0 spiro atoms. The number of allylic oxidation sites excluding steroid dienone is 1. The molecule has 2 aromatic carbocycles. The van der Waals surface area contributed by atoms with Crippen LogP contribution in [0.25, 0.3) is 16.6 Å². The Kier molecular flexibility index (Phi) is 4.97. The Morgan fingerprint density at radius 3 is 2.58 bits per heavy atom. The topological polar surface area (TPSA) is 98.6 Å². The zero-order valence-electron chi connectivity index (χ0n) is 15.9. The molecule has 0 atom stereocenters. The lowest BCUT2D eigenvalue weighted by Crippen LogP contribution is -2.14. The lowest BCUT2D eigenvalue weighted by molar-refractivity contribution is -0.130. The fourth-order valence-electron chi connectivity index (χ4n) is 3.46. The molecule has 1 aliphatic rings. The summed E-state index contributed by atoms with van der Waals surface area (Å²) in [6.45, 7) is 0.0899. The van der Waals surface area contributed by atoms with Crippen LogP contribution >= 0.6 is 23.1 Å². The number of thiophene rings is 1. The van der Waals surface area contributed by atoms with Crippen molar-refractivity contribution in [1.82, 2.24) is 8.75 Å². The van der Waals surface area contributed by atoms with E-state index in [0.29, 0.717) is 33.7 Å². The van der Waals surface area contributed by atoms with Crippen LogP contribution < -0.4 is 9.47 Å². The van der Waals surface area contributed by atoms with Crippen LogP contribution in [-0.4, -0.2) is 32.4 Å². The van der Waals surface area contributed by atoms with Crippen molar-refractivity contribution in [2.24, 2.45) is 0 Å². The molecule has 31 heavy (non-hydrogen) atoms. The van der Waals surface area contributed by atoms with Gasteiger partial charge in [0, 0.05) is 17.6 Å². The Bertz CT molecular complexity index is 1340. The van der Waals surface area contributed by atoms with Gasteiger partial charge in [0.2, 0.25) is 6.79 Å². The number of ketones is 1. The second kappa shape index (κ2) is 7.93. The molecule has 0 unspecified atom stereocenters. The third-order valence-corrected chi connectivity index (χ3v) is 6.22. The summed E-state index contributed by atoms with van der Waals surface area (Å²) in [6, 6.07) is 11.8. The zero-order valence-corrected chi connectivity index (χ0v) is 17.5. The highest BCUT2D eigenvalue weighted by atomic mass is 32.1. The normalized spacial score (nSPS) is 13.3. The minimum Gasteiger partial charge on any atom is -0.478 e. The summed E-state index contributed by atoms with van der Waals surface area (Å²) < 4.78 is 19.1. The van der Waals surface area contributed by atoms with E-state index in [4.69, 9.17) is 9.47 Å². The predicted molar refractivity (Wildman–Crippen MR) is 117 cm³/mol. The van der Waals surface area contributed by atoms with Crippen molar-refractivity contribution in [3.05, 3.63) is 75.5 Å². The van der Waals surface area contributed by atoms with Crippen molar-refractivity contribution >= 4 is 51.4 Å². The number of carbonyl (C=O) groups is 2. The van der Waals surface area contributed by atoms with Gasteiger partial charge in [-0.2, -0.15) is 20.1 Å². The number of Topliss-reactive ketones (excluding diaryl/α,β-unsaturated/α-hetero) is 1. The highest BCUT2D eigenvalue weighted by Gasteiger charge is 2.26. The molecule has 5 rings (SSSR count). The van der Waals surface area contributed by atoms with Gasteiger partial charge in [-0.1, -0.05) is 6.07 Å². The minimum absolute atomic E-state index is 0.0521. The summed E-state index contributed by atoms with van der Waals surface area (Å²) in [5.41, 5.74) is 3.02. The van der Waals surface area contributed by atoms with E-state index in [1.54, 1.807) is 36.4 Å². The smallest absolute Gasteiger partial charge is 0.336 e. The molecule has 0 saturated heterocycles. The van der Waals surface area contributed by atoms with Gasteiger partial charge in [-0.15, -0.1) is 0 Å². The molecule has 2 aromatic heterocycles. The van der Waals surface area contributed by atoms with Gasteiger partial charge >= 0.3 is 5.97 Å². The van der Waals surface area contributed by atoms with E-state index in [1.807, 2.05) is 16.8 Å². The first-order chi connectivity index (χ1) is 15.1. The summed E-state index contributed by atoms with van der Waals surface area (Å²) in [7, 11) is 0. The first kappa shape index (κ1) is 19.4. The maximum Gasteiger partial charge on any atom is 0.336 e. The molecule has 1 aliphatic heterocycles. The van der Waals surface area contributed by atoms with Crippen LogP contribution in [0.3, 0.4) is 0 Å². The number of hydrogen-bond donors (Lipinski definition) is 1. The number of carbonyl (C=O) groups excluding carboxylic acids is 1. The first-order valence-electron chi connectivity index (χ1n) is 9.25. The van der Waals surface area contributed by atoms with Gasteiger partial charge in [-0.25, -0.2) is 4.79 Å². The molecule has 3 heterocycles. The van der Waals surface area contributed by atoms with Crippen LogP contribution in [0.2, 0.25) is 0 Å². The van der Waals surface area contributed by atoms with E-state index in [2.05, 4.69) is 8.75 Å². The molecular formula is C22H14N2O5S2. The third-order valence-electron chi connectivity index (χ3n) is 4.93. The fraction of sp³-hybridized carbons (Fsp3) is 0.0909. The molecule has 1 N–H and O–H groups in total. The van der Waals surface area contributed by atoms with Gasteiger partial charge < -0.3 is 14.6 Å². The maximum absolute atomic E-state index is 13.6. The minimum atomic E-state index is -1.18. The van der Waals surface area contributed by atoms with E-state index in [-0.39, 0.29) is 30.1 Å². The Hall–Kier alpha value is -3.56. The highest BCUT2D eigenvalue weighted by Crippen LogP contribution is 2.34. The first-order valence-corrected chi connectivity index (χ1v) is 10.9. The molecule has 0 saturated carbocycles. The van der Waals surface area contributed by atoms with Crippen LogP contribution in [0.4, 0.5) is 0 Å². The van der Waals surface area contributed by atoms with E-state index in [9.17, 15) is 14.7 Å². The van der Waals surface area contributed by atoms with Crippen molar-refractivity contribution in [3.8, 4) is 11.5 Å². The number of hydrogen-bond acceptors (Lipinski definition) is 8. The van der Waals surface area contributed by atoms with E-state index in [0.717, 1.165) is 17.3 Å². The van der Waals surface area contributed by atoms with Gasteiger partial charge in [0.1, 0.15) is 11.0 Å².